The molecule has 0 fully saturated rings. The first-order chi connectivity index (χ1) is 6.47. The van der Waals surface area contributed by atoms with Gasteiger partial charge < -0.3 is 4.40 Å². The van der Waals surface area contributed by atoms with E-state index in [4.69, 9.17) is 0 Å². The van der Waals surface area contributed by atoms with Crippen molar-refractivity contribution in [2.45, 2.75) is 6.18 Å². The summed E-state index contributed by atoms with van der Waals surface area (Å²) in [4.78, 5) is 3.24. The summed E-state index contributed by atoms with van der Waals surface area (Å²) < 4.78 is 50.2. The minimum atomic E-state index is -4.50. The van der Waals surface area contributed by atoms with Gasteiger partial charge in [-0.05, 0) is 6.07 Å². The van der Waals surface area contributed by atoms with Gasteiger partial charge in [0.2, 0.25) is 0 Å². The molecule has 0 saturated carbocycles. The summed E-state index contributed by atoms with van der Waals surface area (Å²) in [7, 11) is 0. The van der Waals surface area contributed by atoms with E-state index in [2.05, 4.69) is 4.98 Å². The first-order valence-corrected chi connectivity index (χ1v) is 3.68. The standard InChI is InChI=1S/C8H4F4N2/c9-5-1-2-14-4-6(8(10,11)12)13-7(14)3-5/h1-4H. The SMILES string of the molecule is Fc1ccn2cc(C(F)(F)F)nc2c1. The molecule has 2 nitrogen and oxygen atoms in total. The number of pyridine rings is 1. The van der Waals surface area contributed by atoms with Gasteiger partial charge in [0, 0.05) is 18.5 Å². The van der Waals surface area contributed by atoms with Crippen LogP contribution in [-0.2, 0) is 6.18 Å². The Hall–Kier alpha value is -1.59. The van der Waals surface area contributed by atoms with Gasteiger partial charge in [0.1, 0.15) is 11.5 Å². The van der Waals surface area contributed by atoms with Gasteiger partial charge in [-0.15, -0.1) is 0 Å². The molecule has 2 aromatic rings. The number of imidazole rings is 1. The number of hydrogen-bond acceptors (Lipinski definition) is 1. The van der Waals surface area contributed by atoms with Crippen LogP contribution in [0.5, 0.6) is 0 Å². The van der Waals surface area contributed by atoms with Crippen LogP contribution in [0, 0.1) is 5.82 Å². The Labute approximate surface area is 75.8 Å². The van der Waals surface area contributed by atoms with Gasteiger partial charge in [-0.3, -0.25) is 0 Å². The van der Waals surface area contributed by atoms with Gasteiger partial charge in [-0.2, -0.15) is 13.2 Å². The molecule has 6 heteroatoms. The number of aromatic nitrogens is 2. The number of alkyl halides is 3. The Balaban J connectivity index is 2.63. The molecule has 2 aromatic heterocycles. The molecule has 74 valence electrons. The molecule has 0 aliphatic carbocycles. The van der Waals surface area contributed by atoms with E-state index in [1.165, 1.54) is 6.20 Å². The maximum atomic E-state index is 12.6. The normalized spacial score (nSPS) is 12.3. The van der Waals surface area contributed by atoms with E-state index in [1.54, 1.807) is 0 Å². The zero-order valence-electron chi connectivity index (χ0n) is 6.72. The molecule has 0 amide bonds. The highest BCUT2D eigenvalue weighted by molar-refractivity contribution is 5.40. The lowest BCUT2D eigenvalue weighted by molar-refractivity contribution is -0.140. The number of fused-ring (bicyclic) bond motifs is 1. The van der Waals surface area contributed by atoms with Crippen LogP contribution in [0.1, 0.15) is 5.69 Å². The molecule has 0 saturated heterocycles. The van der Waals surface area contributed by atoms with Gasteiger partial charge in [0.05, 0.1) is 0 Å². The van der Waals surface area contributed by atoms with Crippen molar-refractivity contribution in [3.8, 4) is 0 Å². The third-order valence-electron chi connectivity index (χ3n) is 1.71. The molecule has 0 aromatic carbocycles. The maximum Gasteiger partial charge on any atom is 0.434 e. The zero-order valence-corrected chi connectivity index (χ0v) is 6.72. The predicted octanol–water partition coefficient (Wildman–Crippen LogP) is 2.49. The summed E-state index contributed by atoms with van der Waals surface area (Å²) in [5.74, 6) is -0.614. The average molecular weight is 204 g/mol. The number of halogens is 4. The summed E-state index contributed by atoms with van der Waals surface area (Å²) in [6.45, 7) is 0. The number of rotatable bonds is 0. The van der Waals surface area contributed by atoms with E-state index in [9.17, 15) is 17.6 Å². The molecule has 0 spiro atoms. The van der Waals surface area contributed by atoms with Crippen LogP contribution in [0.3, 0.4) is 0 Å². The van der Waals surface area contributed by atoms with Crippen molar-refractivity contribution in [3.63, 3.8) is 0 Å². The molecule has 0 aliphatic heterocycles. The van der Waals surface area contributed by atoms with Gasteiger partial charge in [0.25, 0.3) is 0 Å². The van der Waals surface area contributed by atoms with Crippen molar-refractivity contribution < 1.29 is 17.6 Å². The van der Waals surface area contributed by atoms with Crippen molar-refractivity contribution in [2.75, 3.05) is 0 Å². The lowest BCUT2D eigenvalue weighted by atomic mass is 10.4. The van der Waals surface area contributed by atoms with Crippen molar-refractivity contribution >= 4 is 5.65 Å². The van der Waals surface area contributed by atoms with Crippen LogP contribution in [0.25, 0.3) is 5.65 Å². The molecule has 2 heterocycles. The van der Waals surface area contributed by atoms with Crippen LogP contribution in [-0.4, -0.2) is 9.38 Å². The third-order valence-corrected chi connectivity index (χ3v) is 1.71. The predicted molar refractivity (Wildman–Crippen MR) is 40.2 cm³/mol. The van der Waals surface area contributed by atoms with Crippen molar-refractivity contribution in [1.82, 2.24) is 9.38 Å². The van der Waals surface area contributed by atoms with E-state index in [-0.39, 0.29) is 5.65 Å². The molecule has 14 heavy (non-hydrogen) atoms. The molecule has 0 bridgehead atoms. The number of nitrogens with zero attached hydrogens (tertiary/aromatic N) is 2. The molecule has 0 unspecified atom stereocenters. The number of hydrogen-bond donors (Lipinski definition) is 0. The smallest absolute Gasteiger partial charge is 0.306 e. The topological polar surface area (TPSA) is 17.3 Å². The Bertz CT molecular complexity index is 472. The van der Waals surface area contributed by atoms with E-state index in [0.717, 1.165) is 22.7 Å². The molecule has 0 atom stereocenters. The summed E-state index contributed by atoms with van der Waals surface area (Å²) in [6.07, 6.45) is -2.50. The quantitative estimate of drug-likeness (QED) is 0.602. The second-order valence-corrected chi connectivity index (χ2v) is 2.73. The van der Waals surface area contributed by atoms with E-state index in [1.807, 2.05) is 0 Å². The minimum absolute atomic E-state index is 0.0580. The van der Waals surface area contributed by atoms with E-state index < -0.39 is 17.7 Å². The Kier molecular flexibility index (Phi) is 1.73. The average Bonchev–Trinajstić information content (AvgIpc) is 2.45. The first-order valence-electron chi connectivity index (χ1n) is 3.68. The Morgan fingerprint density at radius 2 is 2.00 bits per heavy atom. The lowest BCUT2D eigenvalue weighted by Crippen LogP contribution is -2.04. The van der Waals surface area contributed by atoms with E-state index in [0.29, 0.717) is 0 Å². The molecular weight excluding hydrogens is 200 g/mol. The highest BCUT2D eigenvalue weighted by atomic mass is 19.4. The maximum absolute atomic E-state index is 12.6. The third kappa shape index (κ3) is 1.43. The zero-order chi connectivity index (χ0) is 10.3. The van der Waals surface area contributed by atoms with Crippen LogP contribution < -0.4 is 0 Å². The molecule has 0 N–H and O–H groups in total. The molecular formula is C8H4F4N2. The fourth-order valence-corrected chi connectivity index (χ4v) is 1.09. The van der Waals surface area contributed by atoms with Crippen LogP contribution in [0.4, 0.5) is 17.6 Å². The van der Waals surface area contributed by atoms with Crippen molar-refractivity contribution in [2.24, 2.45) is 0 Å². The summed E-state index contributed by atoms with van der Waals surface area (Å²) >= 11 is 0. The van der Waals surface area contributed by atoms with Gasteiger partial charge in [-0.1, -0.05) is 0 Å². The second-order valence-electron chi connectivity index (χ2n) is 2.73. The van der Waals surface area contributed by atoms with Gasteiger partial charge in [-0.25, -0.2) is 9.37 Å². The van der Waals surface area contributed by atoms with Crippen molar-refractivity contribution in [3.05, 3.63) is 36.0 Å². The second kappa shape index (κ2) is 2.70. The fourth-order valence-electron chi connectivity index (χ4n) is 1.09. The van der Waals surface area contributed by atoms with Crippen LogP contribution in [0.15, 0.2) is 24.5 Å². The summed E-state index contributed by atoms with van der Waals surface area (Å²) in [5.41, 5.74) is -1.08. The van der Waals surface area contributed by atoms with Gasteiger partial charge >= 0.3 is 6.18 Å². The fraction of sp³-hybridized carbons (Fsp3) is 0.125. The molecule has 0 aliphatic rings. The Morgan fingerprint density at radius 3 is 2.64 bits per heavy atom. The Morgan fingerprint density at radius 1 is 1.29 bits per heavy atom. The minimum Gasteiger partial charge on any atom is -0.306 e. The monoisotopic (exact) mass is 204 g/mol. The van der Waals surface area contributed by atoms with Crippen LogP contribution >= 0.6 is 0 Å². The molecule has 0 radical (unpaired) electrons. The molecule has 2 rings (SSSR count). The highest BCUT2D eigenvalue weighted by Crippen LogP contribution is 2.28. The van der Waals surface area contributed by atoms with Crippen LogP contribution in [0.2, 0.25) is 0 Å². The highest BCUT2D eigenvalue weighted by Gasteiger charge is 2.33. The van der Waals surface area contributed by atoms with Crippen molar-refractivity contribution in [1.29, 1.82) is 0 Å². The summed E-state index contributed by atoms with van der Waals surface area (Å²) in [6, 6.07) is 2.00. The first kappa shape index (κ1) is 8.98. The lowest BCUT2D eigenvalue weighted by Gasteiger charge is -1.98. The summed E-state index contributed by atoms with van der Waals surface area (Å²) in [5, 5.41) is 0. The van der Waals surface area contributed by atoms with E-state index >= 15 is 0 Å². The largest absolute Gasteiger partial charge is 0.434 e. The van der Waals surface area contributed by atoms with Gasteiger partial charge in [0.15, 0.2) is 5.69 Å².